The highest BCUT2D eigenvalue weighted by Gasteiger charge is 2.64. The largest absolute Gasteiger partial charge is 0.495 e. The Labute approximate surface area is 426 Å². The SMILES string of the molecule is COc1cc(OC2C(C)(C)C(NC(=O)c3ccc(N4C[C@@H](C)C(CN5CCC(n6nc(N7CCCc8cc(-c9cnn(C)c9)c(C)cc87)c7c6CCN(C(C)=O)C7)CC5)[C@@H](C)C4)cc3)C2(C)C)ccc1C#N. The van der Waals surface area contributed by atoms with Gasteiger partial charge < -0.3 is 34.4 Å². The molecule has 0 spiro atoms. The molecular weight excluding hydrogens is 901 g/mol. The quantitative estimate of drug-likeness (QED) is 0.137. The summed E-state index contributed by atoms with van der Waals surface area (Å²) in [6.07, 6.45) is 8.92. The Balaban J connectivity index is 0.757. The van der Waals surface area contributed by atoms with Crippen LogP contribution in [0.2, 0.25) is 0 Å². The Morgan fingerprint density at radius 3 is 2.31 bits per heavy atom. The minimum atomic E-state index is -0.343. The first-order valence-electron chi connectivity index (χ1n) is 26.3. The van der Waals surface area contributed by atoms with Gasteiger partial charge in [0.15, 0.2) is 5.82 Å². The lowest BCUT2D eigenvalue weighted by Crippen LogP contribution is -2.74. The lowest BCUT2D eigenvalue weighted by atomic mass is 9.49. The van der Waals surface area contributed by atoms with Crippen molar-refractivity contribution in [3.05, 3.63) is 101 Å². The summed E-state index contributed by atoms with van der Waals surface area (Å²) in [5.41, 5.74) is 10.3. The molecular formula is C58H74N10O4. The number of aryl methyl sites for hydroxylation is 3. The molecule has 14 heteroatoms. The Hall–Kier alpha value is -6.33. The third kappa shape index (κ3) is 9.00. The third-order valence-corrected chi connectivity index (χ3v) is 17.3. The Kier molecular flexibility index (Phi) is 13.2. The molecule has 380 valence electrons. The summed E-state index contributed by atoms with van der Waals surface area (Å²) in [7, 11) is 3.52. The summed E-state index contributed by atoms with van der Waals surface area (Å²) >= 11 is 0. The number of rotatable bonds is 11. The third-order valence-electron chi connectivity index (χ3n) is 17.3. The number of anilines is 3. The zero-order chi connectivity index (χ0) is 50.8. The molecule has 2 saturated heterocycles. The molecule has 6 heterocycles. The number of benzene rings is 3. The maximum absolute atomic E-state index is 13.8. The topological polar surface area (TPSA) is 137 Å². The lowest BCUT2D eigenvalue weighted by molar-refractivity contribution is -0.164. The van der Waals surface area contributed by atoms with Crippen LogP contribution in [0, 0.1) is 46.8 Å². The van der Waals surface area contributed by atoms with Crippen molar-refractivity contribution in [2.75, 3.05) is 62.7 Å². The van der Waals surface area contributed by atoms with Crippen LogP contribution < -0.4 is 24.6 Å². The second kappa shape index (κ2) is 19.3. The molecule has 5 aliphatic rings. The van der Waals surface area contributed by atoms with Crippen LogP contribution in [0.5, 0.6) is 11.5 Å². The molecule has 3 atom stereocenters. The normalized spacial score (nSPS) is 23.9. The molecule has 10 rings (SSSR count). The number of methoxy groups -OCH3 is 1. The maximum Gasteiger partial charge on any atom is 0.251 e. The van der Waals surface area contributed by atoms with Crippen molar-refractivity contribution in [1.29, 1.82) is 5.26 Å². The average molecular weight is 975 g/mol. The second-order valence-corrected chi connectivity index (χ2v) is 23.0. The Morgan fingerprint density at radius 1 is 0.931 bits per heavy atom. The van der Waals surface area contributed by atoms with Crippen molar-refractivity contribution >= 4 is 29.0 Å². The van der Waals surface area contributed by atoms with Crippen LogP contribution in [0.4, 0.5) is 17.2 Å². The Morgan fingerprint density at radius 2 is 1.65 bits per heavy atom. The predicted octanol–water partition coefficient (Wildman–Crippen LogP) is 9.12. The van der Waals surface area contributed by atoms with Gasteiger partial charge in [0, 0.05) is 129 Å². The van der Waals surface area contributed by atoms with E-state index in [1.807, 2.05) is 35.0 Å². The van der Waals surface area contributed by atoms with Crippen LogP contribution in [0.25, 0.3) is 11.1 Å². The number of fused-ring (bicyclic) bond motifs is 2. The van der Waals surface area contributed by atoms with Crippen molar-refractivity contribution in [2.45, 2.75) is 112 Å². The van der Waals surface area contributed by atoms with Crippen LogP contribution in [0.15, 0.2) is 67.0 Å². The number of nitrogens with zero attached hydrogens (tertiary/aromatic N) is 9. The smallest absolute Gasteiger partial charge is 0.251 e. The van der Waals surface area contributed by atoms with Gasteiger partial charge in [0.1, 0.15) is 23.7 Å². The fourth-order valence-corrected chi connectivity index (χ4v) is 13.7. The number of hydrogen-bond acceptors (Lipinski definition) is 10. The number of likely N-dealkylation sites (tertiary alicyclic amines) is 1. The average Bonchev–Trinajstić information content (AvgIpc) is 3.98. The molecule has 1 N–H and O–H groups in total. The van der Waals surface area contributed by atoms with Gasteiger partial charge >= 0.3 is 0 Å². The van der Waals surface area contributed by atoms with Gasteiger partial charge in [0.05, 0.1) is 31.5 Å². The molecule has 2 aromatic heterocycles. The van der Waals surface area contributed by atoms with Crippen LogP contribution >= 0.6 is 0 Å². The highest BCUT2D eigenvalue weighted by Crippen LogP contribution is 2.56. The molecule has 3 aromatic carbocycles. The van der Waals surface area contributed by atoms with E-state index in [0.717, 1.165) is 95.0 Å². The van der Waals surface area contributed by atoms with Gasteiger partial charge in [-0.25, -0.2) is 0 Å². The van der Waals surface area contributed by atoms with Crippen molar-refractivity contribution in [3.63, 3.8) is 0 Å². The van der Waals surface area contributed by atoms with Gasteiger partial charge in [-0.15, -0.1) is 0 Å². The maximum atomic E-state index is 13.8. The van der Waals surface area contributed by atoms with Gasteiger partial charge in [-0.2, -0.15) is 15.5 Å². The number of carbonyl (C=O) groups is 2. The number of nitrogens with one attached hydrogen (secondary N) is 1. The fourth-order valence-electron chi connectivity index (χ4n) is 13.7. The number of hydrogen-bond donors (Lipinski definition) is 1. The number of nitriles is 1. The summed E-state index contributed by atoms with van der Waals surface area (Å²) in [6.45, 7) is 24.7. The number of carbonyl (C=O) groups excluding carboxylic acids is 2. The molecule has 4 aliphatic heterocycles. The molecule has 0 bridgehead atoms. The summed E-state index contributed by atoms with van der Waals surface area (Å²) in [5.74, 6) is 3.81. The van der Waals surface area contributed by atoms with Gasteiger partial charge in [-0.1, -0.05) is 41.5 Å². The van der Waals surface area contributed by atoms with E-state index in [-0.39, 0.29) is 34.8 Å². The fraction of sp³-hybridized carbons (Fsp3) is 0.534. The zero-order valence-corrected chi connectivity index (χ0v) is 44.2. The van der Waals surface area contributed by atoms with E-state index in [9.17, 15) is 14.9 Å². The minimum absolute atomic E-state index is 0.0816. The number of aromatic nitrogens is 4. The molecule has 14 nitrogen and oxygen atoms in total. The van der Waals surface area contributed by atoms with E-state index in [0.29, 0.717) is 53.0 Å². The molecule has 0 radical (unpaired) electrons. The molecule has 1 unspecified atom stereocenters. The predicted molar refractivity (Wildman–Crippen MR) is 282 cm³/mol. The molecule has 1 saturated carbocycles. The first-order chi connectivity index (χ1) is 34.4. The summed E-state index contributed by atoms with van der Waals surface area (Å²) < 4.78 is 16.2. The highest BCUT2D eigenvalue weighted by atomic mass is 16.5. The molecule has 3 fully saturated rings. The van der Waals surface area contributed by atoms with Crippen molar-refractivity contribution < 1.29 is 19.1 Å². The van der Waals surface area contributed by atoms with E-state index >= 15 is 0 Å². The summed E-state index contributed by atoms with van der Waals surface area (Å²) in [6, 6.07) is 20.5. The van der Waals surface area contributed by atoms with E-state index in [2.05, 4.69) is 115 Å². The van der Waals surface area contributed by atoms with Crippen LogP contribution in [0.3, 0.4) is 0 Å². The van der Waals surface area contributed by atoms with E-state index in [4.69, 9.17) is 14.6 Å². The van der Waals surface area contributed by atoms with E-state index in [1.165, 1.54) is 33.6 Å². The van der Waals surface area contributed by atoms with Gasteiger partial charge in [0.2, 0.25) is 5.91 Å². The molecule has 5 aromatic rings. The van der Waals surface area contributed by atoms with Crippen LogP contribution in [0.1, 0.15) is 112 Å². The monoisotopic (exact) mass is 975 g/mol. The van der Waals surface area contributed by atoms with Crippen LogP contribution in [-0.4, -0.2) is 106 Å². The van der Waals surface area contributed by atoms with Gasteiger partial charge in [-0.3, -0.25) is 19.0 Å². The first kappa shape index (κ1) is 49.3. The molecule has 1 aliphatic carbocycles. The molecule has 72 heavy (non-hydrogen) atoms. The number of ether oxygens (including phenoxy) is 2. The standard InChI is InChI=1S/C58H74N10O4/c1-36-26-51-41(27-47(36)43-30-60-63(9)33-43)12-11-22-67(51)53-49-35-65(39(4)69)25-21-50(49)68(62-53)45-19-23-64(24-20-45)34-48-37(2)31-66(32-38(48)3)44-16-13-40(14-17-44)54(70)61-55-57(5,6)56(58(55,7)8)72-46-18-15-42(29-59)52(28-46)71-10/h13-18,26-28,30,33,37-38,45,48,55-56H,11-12,19-25,31-32,34-35H2,1-10H3,(H,61,70)/t37-,38+,48?,55?,56?. The number of piperidine rings is 2. The summed E-state index contributed by atoms with van der Waals surface area (Å²) in [5, 5.41) is 22.8. The molecule has 2 amide bonds. The van der Waals surface area contributed by atoms with Crippen molar-refractivity contribution in [2.24, 2.45) is 35.6 Å². The van der Waals surface area contributed by atoms with Gasteiger partial charge in [-0.05, 0) is 116 Å². The highest BCUT2D eigenvalue weighted by molar-refractivity contribution is 5.95. The van der Waals surface area contributed by atoms with Gasteiger partial charge in [0.25, 0.3) is 5.91 Å². The first-order valence-corrected chi connectivity index (χ1v) is 26.3. The van der Waals surface area contributed by atoms with E-state index < -0.39 is 0 Å². The van der Waals surface area contributed by atoms with Crippen molar-refractivity contribution in [3.8, 4) is 28.7 Å². The minimum Gasteiger partial charge on any atom is -0.495 e. The van der Waals surface area contributed by atoms with Crippen molar-refractivity contribution in [1.82, 2.24) is 34.7 Å². The zero-order valence-electron chi connectivity index (χ0n) is 44.2. The van der Waals surface area contributed by atoms with E-state index in [1.54, 1.807) is 32.2 Å². The number of amides is 2. The lowest BCUT2D eigenvalue weighted by Gasteiger charge is -2.63. The van der Waals surface area contributed by atoms with Crippen LogP contribution in [-0.2, 0) is 31.2 Å². The summed E-state index contributed by atoms with van der Waals surface area (Å²) in [4.78, 5) is 36.2. The second-order valence-electron chi connectivity index (χ2n) is 23.0. The Bertz CT molecular complexity index is 2860.